The van der Waals surface area contributed by atoms with Crippen molar-refractivity contribution in [3.63, 3.8) is 0 Å². The summed E-state index contributed by atoms with van der Waals surface area (Å²) in [4.78, 5) is 17.5. The summed E-state index contributed by atoms with van der Waals surface area (Å²) >= 11 is 0. The molecule has 1 saturated heterocycles. The molecular formula is C27H36N6O2. The van der Waals surface area contributed by atoms with Gasteiger partial charge in [-0.05, 0) is 76.0 Å². The highest BCUT2D eigenvalue weighted by molar-refractivity contribution is 5.97. The molecule has 1 aliphatic heterocycles. The Morgan fingerprint density at radius 3 is 2.80 bits per heavy atom. The van der Waals surface area contributed by atoms with Gasteiger partial charge in [0.05, 0.1) is 6.20 Å². The second kappa shape index (κ2) is 10.2. The maximum absolute atomic E-state index is 12.6. The van der Waals surface area contributed by atoms with Gasteiger partial charge >= 0.3 is 0 Å². The highest BCUT2D eigenvalue weighted by Crippen LogP contribution is 2.29. The van der Waals surface area contributed by atoms with Crippen molar-refractivity contribution in [2.75, 3.05) is 30.4 Å². The minimum Gasteiger partial charge on any atom is -0.381 e. The van der Waals surface area contributed by atoms with E-state index in [0.717, 1.165) is 85.0 Å². The number of anilines is 2. The molecule has 0 bridgehead atoms. The molecular weight excluding hydrogens is 440 g/mol. The molecule has 8 heteroatoms. The molecule has 2 aromatic heterocycles. The van der Waals surface area contributed by atoms with Crippen LogP contribution in [0.15, 0.2) is 30.5 Å². The van der Waals surface area contributed by atoms with E-state index in [2.05, 4.69) is 35.9 Å². The highest BCUT2D eigenvalue weighted by Gasteiger charge is 2.24. The summed E-state index contributed by atoms with van der Waals surface area (Å²) in [6, 6.07) is 8.60. The zero-order valence-corrected chi connectivity index (χ0v) is 20.9. The zero-order valence-electron chi connectivity index (χ0n) is 20.9. The van der Waals surface area contributed by atoms with Crippen LogP contribution in [0.25, 0.3) is 16.8 Å². The number of benzene rings is 1. The van der Waals surface area contributed by atoms with Crippen LogP contribution in [-0.4, -0.2) is 52.3 Å². The van der Waals surface area contributed by atoms with Gasteiger partial charge in [-0.3, -0.25) is 4.79 Å². The Morgan fingerprint density at radius 1 is 1.17 bits per heavy atom. The van der Waals surface area contributed by atoms with E-state index in [1.807, 2.05) is 35.8 Å². The molecule has 1 saturated carbocycles. The summed E-state index contributed by atoms with van der Waals surface area (Å²) in [6.07, 6.45) is 7.37. The van der Waals surface area contributed by atoms with Crippen LogP contribution in [0.4, 0.5) is 11.6 Å². The number of rotatable bonds is 8. The van der Waals surface area contributed by atoms with Crippen LogP contribution < -0.4 is 16.0 Å². The van der Waals surface area contributed by atoms with Gasteiger partial charge in [0.2, 0.25) is 0 Å². The van der Waals surface area contributed by atoms with Crippen LogP contribution in [0.5, 0.6) is 0 Å². The van der Waals surface area contributed by atoms with Gasteiger partial charge in [-0.15, -0.1) is 0 Å². The molecule has 2 aliphatic rings. The molecule has 1 aromatic carbocycles. The van der Waals surface area contributed by atoms with Gasteiger partial charge < -0.3 is 20.7 Å². The van der Waals surface area contributed by atoms with Crippen molar-refractivity contribution in [2.24, 2.45) is 5.92 Å². The Bertz CT molecular complexity index is 1190. The maximum Gasteiger partial charge on any atom is 0.251 e. The van der Waals surface area contributed by atoms with Gasteiger partial charge in [0, 0.05) is 49.0 Å². The van der Waals surface area contributed by atoms with E-state index in [9.17, 15) is 4.79 Å². The third kappa shape index (κ3) is 5.59. The molecule has 3 heterocycles. The maximum atomic E-state index is 12.6. The highest BCUT2D eigenvalue weighted by atomic mass is 16.5. The molecule has 8 nitrogen and oxygen atoms in total. The second-order valence-electron chi connectivity index (χ2n) is 10.2. The quantitative estimate of drug-likeness (QED) is 0.438. The Morgan fingerprint density at radius 2 is 2.03 bits per heavy atom. The Balaban J connectivity index is 1.45. The van der Waals surface area contributed by atoms with E-state index in [1.165, 1.54) is 6.42 Å². The Hall–Kier alpha value is -3.13. The SMILES string of the molecule is Cc1cc(-c2cnn3c(NCC4CCCOCC4)cc(NC(C)C)nc23)ccc1C(=O)NC1CC1. The van der Waals surface area contributed by atoms with Crippen molar-refractivity contribution < 1.29 is 9.53 Å². The van der Waals surface area contributed by atoms with Gasteiger partial charge in [-0.2, -0.15) is 9.61 Å². The average molecular weight is 477 g/mol. The predicted octanol–water partition coefficient (Wildman–Crippen LogP) is 4.65. The van der Waals surface area contributed by atoms with Crippen molar-refractivity contribution in [3.8, 4) is 11.1 Å². The van der Waals surface area contributed by atoms with E-state index in [1.54, 1.807) is 0 Å². The second-order valence-corrected chi connectivity index (χ2v) is 10.2. The molecule has 1 amide bonds. The van der Waals surface area contributed by atoms with E-state index in [-0.39, 0.29) is 11.9 Å². The lowest BCUT2D eigenvalue weighted by Crippen LogP contribution is -2.26. The summed E-state index contributed by atoms with van der Waals surface area (Å²) in [7, 11) is 0. The summed E-state index contributed by atoms with van der Waals surface area (Å²) in [5, 5.41) is 14.9. The van der Waals surface area contributed by atoms with Gasteiger partial charge in [0.1, 0.15) is 11.6 Å². The van der Waals surface area contributed by atoms with E-state index >= 15 is 0 Å². The molecule has 186 valence electrons. The molecule has 0 radical (unpaired) electrons. The number of ether oxygens (including phenoxy) is 1. The zero-order chi connectivity index (χ0) is 24.4. The molecule has 2 fully saturated rings. The van der Waals surface area contributed by atoms with Crippen LogP contribution in [-0.2, 0) is 4.74 Å². The van der Waals surface area contributed by atoms with Crippen LogP contribution in [0.3, 0.4) is 0 Å². The number of nitrogens with zero attached hydrogens (tertiary/aromatic N) is 3. The molecule has 35 heavy (non-hydrogen) atoms. The number of carbonyl (C=O) groups is 1. The fraction of sp³-hybridized carbons (Fsp3) is 0.519. The average Bonchev–Trinajstić information content (AvgIpc) is 3.59. The lowest BCUT2D eigenvalue weighted by atomic mass is 10.0. The Labute approximate surface area is 206 Å². The topological polar surface area (TPSA) is 92.6 Å². The molecule has 1 atom stereocenters. The first-order valence-electron chi connectivity index (χ1n) is 12.9. The number of aromatic nitrogens is 3. The number of hydrogen-bond acceptors (Lipinski definition) is 6. The number of aryl methyl sites for hydroxylation is 1. The van der Waals surface area contributed by atoms with Crippen molar-refractivity contribution in [3.05, 3.63) is 41.6 Å². The van der Waals surface area contributed by atoms with E-state index in [0.29, 0.717) is 12.0 Å². The van der Waals surface area contributed by atoms with Crippen LogP contribution in [0.1, 0.15) is 61.9 Å². The first-order valence-corrected chi connectivity index (χ1v) is 12.9. The number of fused-ring (bicyclic) bond motifs is 1. The van der Waals surface area contributed by atoms with E-state index < -0.39 is 0 Å². The number of nitrogens with one attached hydrogen (secondary N) is 3. The lowest BCUT2D eigenvalue weighted by molar-refractivity contribution is 0.0950. The van der Waals surface area contributed by atoms with Crippen molar-refractivity contribution in [1.29, 1.82) is 0 Å². The minimum atomic E-state index is 0.00774. The summed E-state index contributed by atoms with van der Waals surface area (Å²) < 4.78 is 7.51. The number of amides is 1. The fourth-order valence-corrected chi connectivity index (χ4v) is 4.66. The molecule has 3 aromatic rings. The van der Waals surface area contributed by atoms with Gasteiger partial charge in [-0.1, -0.05) is 12.1 Å². The smallest absolute Gasteiger partial charge is 0.251 e. The lowest BCUT2D eigenvalue weighted by Gasteiger charge is -2.17. The molecule has 0 spiro atoms. The molecule has 1 unspecified atom stereocenters. The standard InChI is InChI=1S/C27H36N6O2/c1-17(2)30-24-14-25(28-15-19-5-4-11-35-12-10-19)33-26(32-24)23(16-29-33)20-6-9-22(18(3)13-20)27(34)31-21-7-8-21/h6,9,13-14,16-17,19,21,28H,4-5,7-8,10-12,15H2,1-3H3,(H,30,32)(H,31,34). The minimum absolute atomic E-state index is 0.00774. The van der Waals surface area contributed by atoms with Crippen LogP contribution >= 0.6 is 0 Å². The van der Waals surface area contributed by atoms with Crippen LogP contribution in [0, 0.1) is 12.8 Å². The monoisotopic (exact) mass is 476 g/mol. The molecule has 5 rings (SSSR count). The van der Waals surface area contributed by atoms with Crippen molar-refractivity contribution in [1.82, 2.24) is 19.9 Å². The third-order valence-corrected chi connectivity index (χ3v) is 6.75. The van der Waals surface area contributed by atoms with Gasteiger partial charge in [0.15, 0.2) is 5.65 Å². The molecule has 3 N–H and O–H groups in total. The first-order chi connectivity index (χ1) is 17.0. The Kier molecular flexibility index (Phi) is 6.90. The van der Waals surface area contributed by atoms with Crippen LogP contribution in [0.2, 0.25) is 0 Å². The van der Waals surface area contributed by atoms with Crippen molar-refractivity contribution in [2.45, 2.75) is 65.0 Å². The summed E-state index contributed by atoms with van der Waals surface area (Å²) in [6.45, 7) is 8.77. The number of carbonyl (C=O) groups excluding carboxylic acids is 1. The summed E-state index contributed by atoms with van der Waals surface area (Å²) in [5.41, 5.74) is 4.41. The third-order valence-electron chi connectivity index (χ3n) is 6.75. The van der Waals surface area contributed by atoms with Gasteiger partial charge in [-0.25, -0.2) is 4.98 Å². The first kappa shape index (κ1) is 23.6. The predicted molar refractivity (Wildman–Crippen MR) is 139 cm³/mol. The summed E-state index contributed by atoms with van der Waals surface area (Å²) in [5.74, 6) is 2.33. The largest absolute Gasteiger partial charge is 0.381 e. The number of hydrogen-bond donors (Lipinski definition) is 3. The molecule has 1 aliphatic carbocycles. The van der Waals surface area contributed by atoms with Gasteiger partial charge in [0.25, 0.3) is 5.91 Å². The van der Waals surface area contributed by atoms with E-state index in [4.69, 9.17) is 14.8 Å². The van der Waals surface area contributed by atoms with Crippen molar-refractivity contribution >= 4 is 23.2 Å². The fourth-order valence-electron chi connectivity index (χ4n) is 4.66. The normalized spacial score (nSPS) is 18.5.